The summed E-state index contributed by atoms with van der Waals surface area (Å²) < 4.78 is 5.77. The molecule has 1 heterocycles. The zero-order valence-corrected chi connectivity index (χ0v) is 10.4. The van der Waals surface area contributed by atoms with Gasteiger partial charge in [0.05, 0.1) is 0 Å². The summed E-state index contributed by atoms with van der Waals surface area (Å²) in [7, 11) is 0. The van der Waals surface area contributed by atoms with Crippen LogP contribution in [0.5, 0.6) is 5.75 Å². The Morgan fingerprint density at radius 3 is 2.82 bits per heavy atom. The van der Waals surface area contributed by atoms with Gasteiger partial charge >= 0.3 is 0 Å². The van der Waals surface area contributed by atoms with Crippen LogP contribution in [-0.4, -0.2) is 35.4 Å². The van der Waals surface area contributed by atoms with Crippen molar-refractivity contribution in [2.75, 3.05) is 13.2 Å². The summed E-state index contributed by atoms with van der Waals surface area (Å²) in [6.07, 6.45) is 3.14. The summed E-state index contributed by atoms with van der Waals surface area (Å²) in [6.45, 7) is 3.47. The maximum atomic E-state index is 9.72. The lowest BCUT2D eigenvalue weighted by molar-refractivity contribution is -0.0401. The minimum atomic E-state index is -0.375. The predicted molar refractivity (Wildman–Crippen MR) is 68.0 cm³/mol. The highest BCUT2D eigenvalue weighted by molar-refractivity contribution is 5.20. The molecule has 1 N–H and O–H groups in total. The average molecular weight is 235 g/mol. The van der Waals surface area contributed by atoms with Crippen LogP contribution in [0.1, 0.15) is 26.2 Å². The Morgan fingerprint density at radius 1 is 1.35 bits per heavy atom. The molecule has 0 amide bonds. The van der Waals surface area contributed by atoms with Crippen molar-refractivity contribution in [2.45, 2.75) is 38.5 Å². The van der Waals surface area contributed by atoms with Gasteiger partial charge in [-0.1, -0.05) is 24.6 Å². The Labute approximate surface area is 103 Å². The molecule has 2 rings (SSSR count). The number of hydrogen-bond acceptors (Lipinski definition) is 3. The molecule has 0 aliphatic carbocycles. The number of aliphatic hydroxyl groups is 1. The highest BCUT2D eigenvalue weighted by atomic mass is 16.5. The molecule has 1 aromatic rings. The van der Waals surface area contributed by atoms with Crippen LogP contribution in [0.25, 0.3) is 0 Å². The van der Waals surface area contributed by atoms with Crippen LogP contribution >= 0.6 is 0 Å². The molecule has 2 atom stereocenters. The van der Waals surface area contributed by atoms with Crippen molar-refractivity contribution in [1.29, 1.82) is 0 Å². The van der Waals surface area contributed by atoms with Gasteiger partial charge in [-0.2, -0.15) is 0 Å². The van der Waals surface area contributed by atoms with Crippen LogP contribution < -0.4 is 4.74 Å². The van der Waals surface area contributed by atoms with Gasteiger partial charge in [-0.05, 0) is 31.9 Å². The van der Waals surface area contributed by atoms with Crippen molar-refractivity contribution in [3.8, 4) is 5.75 Å². The second-order valence-corrected chi connectivity index (χ2v) is 4.64. The van der Waals surface area contributed by atoms with Gasteiger partial charge < -0.3 is 9.84 Å². The Bertz CT molecular complexity index is 326. The Morgan fingerprint density at radius 2 is 2.12 bits per heavy atom. The van der Waals surface area contributed by atoms with E-state index in [2.05, 4.69) is 4.90 Å². The van der Waals surface area contributed by atoms with E-state index in [1.165, 1.54) is 12.8 Å². The van der Waals surface area contributed by atoms with Crippen molar-refractivity contribution >= 4 is 0 Å². The quantitative estimate of drug-likeness (QED) is 0.869. The van der Waals surface area contributed by atoms with Crippen molar-refractivity contribution in [2.24, 2.45) is 0 Å². The van der Waals surface area contributed by atoms with E-state index >= 15 is 0 Å². The molecular weight excluding hydrogens is 214 g/mol. The van der Waals surface area contributed by atoms with Crippen LogP contribution in [0.3, 0.4) is 0 Å². The van der Waals surface area contributed by atoms with Crippen LogP contribution in [0.2, 0.25) is 0 Å². The molecule has 3 heteroatoms. The maximum absolute atomic E-state index is 9.72. The zero-order valence-electron chi connectivity index (χ0n) is 10.4. The van der Waals surface area contributed by atoms with Gasteiger partial charge in [0.1, 0.15) is 18.6 Å². The first-order valence-corrected chi connectivity index (χ1v) is 6.39. The first-order chi connectivity index (χ1) is 8.27. The molecule has 0 radical (unpaired) electrons. The topological polar surface area (TPSA) is 32.7 Å². The molecule has 0 spiro atoms. The van der Waals surface area contributed by atoms with Gasteiger partial charge in [0.25, 0.3) is 0 Å². The minimum absolute atomic E-state index is 0.337. The first-order valence-electron chi connectivity index (χ1n) is 6.39. The van der Waals surface area contributed by atoms with Gasteiger partial charge in [-0.25, -0.2) is 0 Å². The fraction of sp³-hybridized carbons (Fsp3) is 0.571. The third-order valence-corrected chi connectivity index (χ3v) is 3.34. The highest BCUT2D eigenvalue weighted by Crippen LogP contribution is 2.20. The van der Waals surface area contributed by atoms with E-state index in [1.807, 2.05) is 37.3 Å². The summed E-state index contributed by atoms with van der Waals surface area (Å²) in [4.78, 5) is 2.13. The number of rotatable bonds is 4. The molecule has 17 heavy (non-hydrogen) atoms. The lowest BCUT2D eigenvalue weighted by Gasteiger charge is -2.37. The smallest absolute Gasteiger partial charge is 0.119 e. The van der Waals surface area contributed by atoms with Crippen molar-refractivity contribution < 1.29 is 9.84 Å². The van der Waals surface area contributed by atoms with Gasteiger partial charge in [-0.3, -0.25) is 4.90 Å². The Hall–Kier alpha value is -1.06. The monoisotopic (exact) mass is 235 g/mol. The second kappa shape index (κ2) is 6.03. The Kier molecular flexibility index (Phi) is 4.40. The lowest BCUT2D eigenvalue weighted by atomic mass is 10.0. The zero-order chi connectivity index (χ0) is 12.1. The summed E-state index contributed by atoms with van der Waals surface area (Å²) in [5, 5.41) is 9.72. The average Bonchev–Trinajstić information content (AvgIpc) is 2.38. The Balaban J connectivity index is 1.88. The summed E-state index contributed by atoms with van der Waals surface area (Å²) in [5.41, 5.74) is 0. The molecule has 1 aromatic carbocycles. The fourth-order valence-electron chi connectivity index (χ4n) is 2.40. The number of aliphatic hydroxyl groups excluding tert-OH is 1. The molecule has 1 fully saturated rings. The van der Waals surface area contributed by atoms with Gasteiger partial charge in [-0.15, -0.1) is 0 Å². The van der Waals surface area contributed by atoms with E-state index in [0.717, 1.165) is 18.7 Å². The molecule has 0 saturated carbocycles. The lowest BCUT2D eigenvalue weighted by Crippen LogP contribution is -2.47. The van der Waals surface area contributed by atoms with E-state index < -0.39 is 0 Å². The van der Waals surface area contributed by atoms with E-state index in [1.54, 1.807) is 0 Å². The molecule has 0 bridgehead atoms. The largest absolute Gasteiger partial charge is 0.492 e. The molecule has 1 aliphatic heterocycles. The number of hydrogen-bond donors (Lipinski definition) is 1. The van der Waals surface area contributed by atoms with Crippen LogP contribution in [-0.2, 0) is 0 Å². The molecule has 0 aromatic heterocycles. The normalized spacial score (nSPS) is 23.3. The number of para-hydroxylation sites is 1. The third kappa shape index (κ3) is 3.45. The first kappa shape index (κ1) is 12.4. The summed E-state index contributed by atoms with van der Waals surface area (Å²) in [6, 6.07) is 10.2. The number of likely N-dealkylation sites (tertiary alicyclic amines) is 1. The van der Waals surface area contributed by atoms with Crippen LogP contribution in [0, 0.1) is 0 Å². The number of ether oxygens (including phenoxy) is 1. The molecule has 3 nitrogen and oxygen atoms in total. The number of piperidine rings is 1. The van der Waals surface area contributed by atoms with Gasteiger partial charge in [0.2, 0.25) is 0 Å². The summed E-state index contributed by atoms with van der Waals surface area (Å²) >= 11 is 0. The predicted octanol–water partition coefficient (Wildman–Crippen LogP) is 2.26. The summed E-state index contributed by atoms with van der Waals surface area (Å²) in [5.74, 6) is 0.906. The maximum Gasteiger partial charge on any atom is 0.119 e. The molecule has 1 saturated heterocycles. The molecular formula is C14H21NO2. The fourth-order valence-corrected chi connectivity index (χ4v) is 2.40. The molecule has 1 aliphatic rings. The van der Waals surface area contributed by atoms with E-state index in [0.29, 0.717) is 12.6 Å². The second-order valence-electron chi connectivity index (χ2n) is 4.64. The van der Waals surface area contributed by atoms with Crippen molar-refractivity contribution in [3.05, 3.63) is 30.3 Å². The molecule has 2 unspecified atom stereocenters. The minimum Gasteiger partial charge on any atom is -0.492 e. The van der Waals surface area contributed by atoms with E-state index in [4.69, 9.17) is 4.74 Å². The SMILES string of the molecule is CC(O)N1CCCCC1COc1ccccc1. The highest BCUT2D eigenvalue weighted by Gasteiger charge is 2.25. The number of nitrogens with zero attached hydrogens (tertiary/aromatic N) is 1. The standard InChI is InChI=1S/C14H21NO2/c1-12(16)15-10-6-5-7-13(15)11-17-14-8-3-2-4-9-14/h2-4,8-9,12-13,16H,5-7,10-11H2,1H3. The van der Waals surface area contributed by atoms with Crippen LogP contribution in [0.4, 0.5) is 0 Å². The molecule has 94 valence electrons. The van der Waals surface area contributed by atoms with Crippen LogP contribution in [0.15, 0.2) is 30.3 Å². The number of benzene rings is 1. The van der Waals surface area contributed by atoms with Gasteiger partial charge in [0.15, 0.2) is 0 Å². The van der Waals surface area contributed by atoms with Gasteiger partial charge in [0, 0.05) is 12.6 Å². The van der Waals surface area contributed by atoms with Crippen molar-refractivity contribution in [3.63, 3.8) is 0 Å². The third-order valence-electron chi connectivity index (χ3n) is 3.34. The van der Waals surface area contributed by atoms with Crippen molar-refractivity contribution in [1.82, 2.24) is 4.90 Å². The van der Waals surface area contributed by atoms with E-state index in [9.17, 15) is 5.11 Å². The van der Waals surface area contributed by atoms with E-state index in [-0.39, 0.29) is 6.23 Å².